The summed E-state index contributed by atoms with van der Waals surface area (Å²) in [6.45, 7) is 7.49. The molecule has 0 aliphatic heterocycles. The summed E-state index contributed by atoms with van der Waals surface area (Å²) in [6, 6.07) is 0. The smallest absolute Gasteiger partial charge is 0.0351 e. The van der Waals surface area contributed by atoms with Gasteiger partial charge in [-0.05, 0) is 51.4 Å². The third-order valence-electron chi connectivity index (χ3n) is 3.22. The Morgan fingerprint density at radius 1 is 0.444 bits per heavy atom. The Morgan fingerprint density at radius 2 is 0.778 bits per heavy atom. The average Bonchev–Trinajstić information content (AvgIpc) is 2.39. The molecule has 0 heteroatoms. The first kappa shape index (κ1) is 17.2. The van der Waals surface area contributed by atoms with E-state index in [2.05, 4.69) is 25.3 Å². The summed E-state index contributed by atoms with van der Waals surface area (Å²) in [5, 5.41) is 0. The normalized spacial score (nSPS) is 10.9. The molecule has 0 aromatic rings. The van der Waals surface area contributed by atoms with Crippen LogP contribution in [-0.4, -0.2) is 0 Å². The number of rotatable bonds is 14. The summed E-state index contributed by atoms with van der Waals surface area (Å²) in [4.78, 5) is 0. The van der Waals surface area contributed by atoms with Gasteiger partial charge in [-0.2, -0.15) is 0 Å². The SMILES string of the molecule is C=CCCCCCC/C=C/CCCCCCC=C. The quantitative estimate of drug-likeness (QED) is 0.240. The highest BCUT2D eigenvalue weighted by Crippen LogP contribution is 2.08. The molecule has 0 spiro atoms. The second-order valence-electron chi connectivity index (χ2n) is 5.03. The molecule has 0 atom stereocenters. The lowest BCUT2D eigenvalue weighted by atomic mass is 10.1. The molecule has 0 nitrogen and oxygen atoms in total. The Bertz CT molecular complexity index is 178. The Hall–Kier alpha value is -0.780. The van der Waals surface area contributed by atoms with Gasteiger partial charge in [0.05, 0.1) is 0 Å². The van der Waals surface area contributed by atoms with Crippen molar-refractivity contribution in [1.82, 2.24) is 0 Å². The fraction of sp³-hybridized carbons (Fsp3) is 0.667. The summed E-state index contributed by atoms with van der Waals surface area (Å²) in [5.74, 6) is 0. The van der Waals surface area contributed by atoms with Crippen molar-refractivity contribution in [1.29, 1.82) is 0 Å². The number of unbranched alkanes of at least 4 members (excludes halogenated alkanes) is 10. The first-order chi connectivity index (χ1) is 8.91. The Labute approximate surface area is 115 Å². The van der Waals surface area contributed by atoms with E-state index in [9.17, 15) is 0 Å². The molecule has 0 aliphatic rings. The van der Waals surface area contributed by atoms with Crippen LogP contribution in [-0.2, 0) is 0 Å². The van der Waals surface area contributed by atoms with Crippen molar-refractivity contribution in [2.24, 2.45) is 0 Å². The molecule has 18 heavy (non-hydrogen) atoms. The molecule has 0 heterocycles. The predicted molar refractivity (Wildman–Crippen MR) is 84.9 cm³/mol. The van der Waals surface area contributed by atoms with Crippen LogP contribution in [0.2, 0.25) is 0 Å². The molecule has 0 fully saturated rings. The van der Waals surface area contributed by atoms with Crippen LogP contribution >= 0.6 is 0 Å². The fourth-order valence-corrected chi connectivity index (χ4v) is 2.04. The number of allylic oxidation sites excluding steroid dienone is 4. The highest BCUT2D eigenvalue weighted by atomic mass is 13.9. The molecule has 0 bridgehead atoms. The highest BCUT2D eigenvalue weighted by molar-refractivity contribution is 4.81. The van der Waals surface area contributed by atoms with E-state index in [1.807, 2.05) is 12.2 Å². The number of hydrogen-bond donors (Lipinski definition) is 0. The van der Waals surface area contributed by atoms with Gasteiger partial charge in [-0.1, -0.05) is 50.0 Å². The zero-order valence-electron chi connectivity index (χ0n) is 12.2. The van der Waals surface area contributed by atoms with E-state index in [1.165, 1.54) is 77.0 Å². The molecule has 0 aromatic carbocycles. The summed E-state index contributed by atoms with van der Waals surface area (Å²) in [7, 11) is 0. The van der Waals surface area contributed by atoms with Crippen molar-refractivity contribution in [3.63, 3.8) is 0 Å². The van der Waals surface area contributed by atoms with Gasteiger partial charge >= 0.3 is 0 Å². The molecule has 0 unspecified atom stereocenters. The minimum Gasteiger partial charge on any atom is -0.103 e. The van der Waals surface area contributed by atoms with Crippen molar-refractivity contribution in [2.45, 2.75) is 77.0 Å². The standard InChI is InChI=1S/C18H32/c1-3-5-7-9-11-13-15-17-18-16-14-12-10-8-6-4-2/h3-4,17-18H,1-2,5-16H2/b18-17+. The summed E-state index contributed by atoms with van der Waals surface area (Å²) < 4.78 is 0. The van der Waals surface area contributed by atoms with Crippen molar-refractivity contribution in [2.75, 3.05) is 0 Å². The van der Waals surface area contributed by atoms with Crippen molar-refractivity contribution in [3.8, 4) is 0 Å². The molecule has 0 saturated heterocycles. The van der Waals surface area contributed by atoms with E-state index in [1.54, 1.807) is 0 Å². The van der Waals surface area contributed by atoms with E-state index in [-0.39, 0.29) is 0 Å². The van der Waals surface area contributed by atoms with Crippen LogP contribution in [0.3, 0.4) is 0 Å². The molecule has 104 valence electrons. The van der Waals surface area contributed by atoms with Crippen LogP contribution in [0.15, 0.2) is 37.5 Å². The van der Waals surface area contributed by atoms with E-state index < -0.39 is 0 Å². The van der Waals surface area contributed by atoms with Crippen molar-refractivity contribution in [3.05, 3.63) is 37.5 Å². The number of hydrogen-bond acceptors (Lipinski definition) is 0. The van der Waals surface area contributed by atoms with Crippen molar-refractivity contribution < 1.29 is 0 Å². The first-order valence-electron chi connectivity index (χ1n) is 7.78. The van der Waals surface area contributed by atoms with Crippen LogP contribution in [0.4, 0.5) is 0 Å². The van der Waals surface area contributed by atoms with Gasteiger partial charge in [-0.25, -0.2) is 0 Å². The zero-order valence-corrected chi connectivity index (χ0v) is 12.2. The summed E-state index contributed by atoms with van der Waals surface area (Å²) >= 11 is 0. The fourth-order valence-electron chi connectivity index (χ4n) is 2.04. The highest BCUT2D eigenvalue weighted by Gasteiger charge is 1.88. The second kappa shape index (κ2) is 16.2. The van der Waals surface area contributed by atoms with Crippen LogP contribution in [0.1, 0.15) is 77.0 Å². The minimum absolute atomic E-state index is 1.18. The van der Waals surface area contributed by atoms with Gasteiger partial charge in [-0.15, -0.1) is 13.2 Å². The van der Waals surface area contributed by atoms with Gasteiger partial charge in [0.25, 0.3) is 0 Å². The van der Waals surface area contributed by atoms with Crippen LogP contribution in [0.25, 0.3) is 0 Å². The lowest BCUT2D eigenvalue weighted by Gasteiger charge is -1.98. The van der Waals surface area contributed by atoms with E-state index in [4.69, 9.17) is 0 Å². The maximum absolute atomic E-state index is 3.74. The van der Waals surface area contributed by atoms with Gasteiger partial charge in [0.15, 0.2) is 0 Å². The maximum atomic E-state index is 3.74. The summed E-state index contributed by atoms with van der Waals surface area (Å²) in [6.07, 6.45) is 24.5. The Balaban J connectivity index is 3.04. The van der Waals surface area contributed by atoms with Crippen LogP contribution < -0.4 is 0 Å². The van der Waals surface area contributed by atoms with Crippen molar-refractivity contribution >= 4 is 0 Å². The van der Waals surface area contributed by atoms with Crippen LogP contribution in [0.5, 0.6) is 0 Å². The predicted octanol–water partition coefficient (Wildman–Crippen LogP) is 6.60. The third-order valence-corrected chi connectivity index (χ3v) is 3.22. The topological polar surface area (TPSA) is 0 Å². The molecular formula is C18H32. The van der Waals surface area contributed by atoms with Crippen LogP contribution in [0, 0.1) is 0 Å². The lowest BCUT2D eigenvalue weighted by molar-refractivity contribution is 0.645. The van der Waals surface area contributed by atoms with Gasteiger partial charge in [-0.3, -0.25) is 0 Å². The molecule has 0 aliphatic carbocycles. The molecule has 0 radical (unpaired) electrons. The molecule has 0 saturated carbocycles. The molecular weight excluding hydrogens is 216 g/mol. The Morgan fingerprint density at radius 3 is 1.11 bits per heavy atom. The lowest BCUT2D eigenvalue weighted by Crippen LogP contribution is -1.78. The first-order valence-corrected chi connectivity index (χ1v) is 7.78. The second-order valence-corrected chi connectivity index (χ2v) is 5.03. The Kier molecular flexibility index (Phi) is 15.5. The van der Waals surface area contributed by atoms with E-state index in [0.717, 1.165) is 0 Å². The van der Waals surface area contributed by atoms with Gasteiger partial charge in [0.1, 0.15) is 0 Å². The molecule has 0 rings (SSSR count). The van der Waals surface area contributed by atoms with E-state index >= 15 is 0 Å². The zero-order chi connectivity index (χ0) is 13.3. The minimum atomic E-state index is 1.18. The molecule has 0 aromatic heterocycles. The largest absolute Gasteiger partial charge is 0.103 e. The molecule has 0 amide bonds. The third kappa shape index (κ3) is 15.2. The van der Waals surface area contributed by atoms with Gasteiger partial charge < -0.3 is 0 Å². The average molecular weight is 248 g/mol. The summed E-state index contributed by atoms with van der Waals surface area (Å²) in [5.41, 5.74) is 0. The maximum Gasteiger partial charge on any atom is -0.0351 e. The monoisotopic (exact) mass is 248 g/mol. The van der Waals surface area contributed by atoms with Gasteiger partial charge in [0.2, 0.25) is 0 Å². The van der Waals surface area contributed by atoms with E-state index in [0.29, 0.717) is 0 Å². The molecule has 0 N–H and O–H groups in total. The van der Waals surface area contributed by atoms with Gasteiger partial charge in [0, 0.05) is 0 Å².